The lowest BCUT2D eigenvalue weighted by Crippen LogP contribution is -2.19. The summed E-state index contributed by atoms with van der Waals surface area (Å²) in [6.45, 7) is 0. The van der Waals surface area contributed by atoms with Gasteiger partial charge in [0.05, 0.1) is 25.3 Å². The lowest BCUT2D eigenvalue weighted by atomic mass is 10.0. The highest BCUT2D eigenvalue weighted by molar-refractivity contribution is 5.73. The molecular formula is C10H7F6NO2. The van der Waals surface area contributed by atoms with Gasteiger partial charge < -0.3 is 4.74 Å². The minimum atomic E-state index is -5.26. The Labute approximate surface area is 103 Å². The highest BCUT2D eigenvalue weighted by atomic mass is 19.4. The average Bonchev–Trinajstić information content (AvgIpc) is 2.29. The number of methoxy groups -OCH3 is 1. The fourth-order valence-electron chi connectivity index (χ4n) is 1.41. The summed E-state index contributed by atoms with van der Waals surface area (Å²) in [6.07, 6.45) is -9.70. The topological polar surface area (TPSA) is 39.2 Å². The molecule has 1 aromatic rings. The maximum absolute atomic E-state index is 13.3. The van der Waals surface area contributed by atoms with Crippen LogP contribution >= 0.6 is 0 Å². The van der Waals surface area contributed by atoms with Gasteiger partial charge in [0.2, 0.25) is 0 Å². The van der Waals surface area contributed by atoms with Crippen LogP contribution in [0.25, 0.3) is 0 Å². The summed E-state index contributed by atoms with van der Waals surface area (Å²) in [5, 5.41) is 0. The fraction of sp³-hybridized carbons (Fsp3) is 0.400. The van der Waals surface area contributed by atoms with Crippen molar-refractivity contribution in [3.05, 3.63) is 28.8 Å². The Morgan fingerprint density at radius 2 is 2.00 bits per heavy atom. The van der Waals surface area contributed by atoms with Crippen LogP contribution in [-0.2, 0) is 22.1 Å². The van der Waals surface area contributed by atoms with Gasteiger partial charge in [0, 0.05) is 5.56 Å². The Bertz CT molecular complexity index is 486. The summed E-state index contributed by atoms with van der Waals surface area (Å²) in [6, 6.07) is 0. The first-order valence-electron chi connectivity index (χ1n) is 4.78. The quantitative estimate of drug-likeness (QED) is 0.634. The van der Waals surface area contributed by atoms with E-state index < -0.39 is 47.6 Å². The monoisotopic (exact) mass is 287 g/mol. The second kappa shape index (κ2) is 5.45. The molecule has 0 spiro atoms. The Kier molecular flexibility index (Phi) is 4.38. The summed E-state index contributed by atoms with van der Waals surface area (Å²) in [5.41, 5.74) is -4.76. The maximum Gasteiger partial charge on any atom is 0.418 e. The summed E-state index contributed by atoms with van der Waals surface area (Å²) >= 11 is 0. The van der Waals surface area contributed by atoms with E-state index in [-0.39, 0.29) is 6.20 Å². The molecule has 0 aliphatic heterocycles. The van der Waals surface area contributed by atoms with Gasteiger partial charge in [-0.05, 0) is 0 Å². The third-order valence-corrected chi connectivity index (χ3v) is 2.20. The van der Waals surface area contributed by atoms with E-state index in [1.165, 1.54) is 0 Å². The number of hydrogen-bond donors (Lipinski definition) is 0. The van der Waals surface area contributed by atoms with Crippen LogP contribution in [-0.4, -0.2) is 18.1 Å². The van der Waals surface area contributed by atoms with E-state index in [1.807, 2.05) is 0 Å². The van der Waals surface area contributed by atoms with Crippen LogP contribution in [0.4, 0.5) is 26.3 Å². The second-order valence-electron chi connectivity index (χ2n) is 3.40. The number of alkyl halides is 5. The summed E-state index contributed by atoms with van der Waals surface area (Å²) in [7, 11) is 0.878. The number of carbonyl (C=O) groups excluding carboxylic acids is 1. The molecule has 0 saturated heterocycles. The van der Waals surface area contributed by atoms with E-state index in [0.717, 1.165) is 7.11 Å². The molecule has 0 radical (unpaired) electrons. The molecule has 9 heteroatoms. The summed E-state index contributed by atoms with van der Waals surface area (Å²) < 4.78 is 80.5. The van der Waals surface area contributed by atoms with Crippen molar-refractivity contribution in [2.45, 2.75) is 19.0 Å². The van der Waals surface area contributed by atoms with Crippen LogP contribution in [0.15, 0.2) is 6.20 Å². The van der Waals surface area contributed by atoms with Crippen LogP contribution in [0.3, 0.4) is 0 Å². The Balaban J connectivity index is 3.49. The number of esters is 1. The number of aromatic nitrogens is 1. The first-order chi connectivity index (χ1) is 8.68. The number of hydrogen-bond acceptors (Lipinski definition) is 3. The van der Waals surface area contributed by atoms with Crippen molar-refractivity contribution in [1.82, 2.24) is 4.98 Å². The smallest absolute Gasteiger partial charge is 0.418 e. The number of pyridine rings is 1. The molecule has 3 nitrogen and oxygen atoms in total. The number of nitrogens with zero attached hydrogens (tertiary/aromatic N) is 1. The van der Waals surface area contributed by atoms with Gasteiger partial charge in [-0.2, -0.15) is 13.2 Å². The minimum Gasteiger partial charge on any atom is -0.469 e. The first kappa shape index (κ1) is 15.3. The highest BCUT2D eigenvalue weighted by Gasteiger charge is 2.41. The predicted octanol–water partition coefficient (Wildman–Crippen LogP) is 2.89. The van der Waals surface area contributed by atoms with E-state index in [0.29, 0.717) is 0 Å². The highest BCUT2D eigenvalue weighted by Crippen LogP contribution is 2.38. The van der Waals surface area contributed by atoms with Crippen LogP contribution < -0.4 is 0 Å². The molecule has 0 saturated carbocycles. The van der Waals surface area contributed by atoms with Crippen molar-refractivity contribution >= 4 is 5.97 Å². The van der Waals surface area contributed by atoms with Crippen LogP contribution in [0.1, 0.15) is 23.2 Å². The van der Waals surface area contributed by atoms with Crippen molar-refractivity contribution in [3.8, 4) is 0 Å². The molecule has 0 aliphatic rings. The van der Waals surface area contributed by atoms with Crippen molar-refractivity contribution < 1.29 is 35.9 Å². The fourth-order valence-corrected chi connectivity index (χ4v) is 1.41. The molecular weight excluding hydrogens is 280 g/mol. The zero-order valence-corrected chi connectivity index (χ0v) is 9.39. The molecule has 1 aromatic heterocycles. The van der Waals surface area contributed by atoms with Crippen LogP contribution in [0, 0.1) is 5.82 Å². The molecule has 0 unspecified atom stereocenters. The van der Waals surface area contributed by atoms with Gasteiger partial charge in [0.15, 0.2) is 0 Å². The van der Waals surface area contributed by atoms with Crippen molar-refractivity contribution in [2.75, 3.05) is 7.11 Å². The molecule has 0 fully saturated rings. The Morgan fingerprint density at radius 3 is 2.42 bits per heavy atom. The van der Waals surface area contributed by atoms with Gasteiger partial charge >= 0.3 is 12.1 Å². The van der Waals surface area contributed by atoms with Gasteiger partial charge in [0.25, 0.3) is 6.43 Å². The van der Waals surface area contributed by atoms with Gasteiger partial charge in [0.1, 0.15) is 11.5 Å². The maximum atomic E-state index is 13.3. The lowest BCUT2D eigenvalue weighted by molar-refractivity contribution is -0.143. The molecule has 0 N–H and O–H groups in total. The van der Waals surface area contributed by atoms with Gasteiger partial charge in [-0.1, -0.05) is 0 Å². The SMILES string of the molecule is COC(=O)Cc1c(F)cnc(C(F)F)c1C(F)(F)F. The molecule has 0 bridgehead atoms. The minimum absolute atomic E-state index is 0.217. The Morgan fingerprint density at radius 1 is 1.42 bits per heavy atom. The standard InChI is InChI=1S/C10H7F6NO2/c1-19-6(18)2-4-5(11)3-17-8(9(12)13)7(4)10(14,15)16/h3,9H,2H2,1H3. The number of rotatable bonds is 3. The zero-order valence-electron chi connectivity index (χ0n) is 9.39. The predicted molar refractivity (Wildman–Crippen MR) is 49.9 cm³/mol. The molecule has 1 heterocycles. The average molecular weight is 287 g/mol. The van der Waals surface area contributed by atoms with Crippen molar-refractivity contribution in [3.63, 3.8) is 0 Å². The van der Waals surface area contributed by atoms with Crippen LogP contribution in [0.2, 0.25) is 0 Å². The number of carbonyl (C=O) groups is 1. The molecule has 0 atom stereocenters. The van der Waals surface area contributed by atoms with Gasteiger partial charge in [-0.25, -0.2) is 13.2 Å². The van der Waals surface area contributed by atoms with E-state index in [1.54, 1.807) is 0 Å². The van der Waals surface area contributed by atoms with E-state index in [2.05, 4.69) is 9.72 Å². The van der Waals surface area contributed by atoms with Crippen LogP contribution in [0.5, 0.6) is 0 Å². The Hall–Kier alpha value is -1.80. The summed E-state index contributed by atoms with van der Waals surface area (Å²) in [4.78, 5) is 13.7. The van der Waals surface area contributed by atoms with E-state index >= 15 is 0 Å². The number of ether oxygens (including phenoxy) is 1. The zero-order chi connectivity index (χ0) is 14.8. The molecule has 106 valence electrons. The molecule has 0 amide bonds. The largest absolute Gasteiger partial charge is 0.469 e. The first-order valence-corrected chi connectivity index (χ1v) is 4.78. The number of halogens is 6. The van der Waals surface area contributed by atoms with E-state index in [4.69, 9.17) is 0 Å². The van der Waals surface area contributed by atoms with Gasteiger partial charge in [-0.15, -0.1) is 0 Å². The molecule has 19 heavy (non-hydrogen) atoms. The third kappa shape index (κ3) is 3.36. The summed E-state index contributed by atoms with van der Waals surface area (Å²) in [5.74, 6) is -2.68. The van der Waals surface area contributed by atoms with E-state index in [9.17, 15) is 31.1 Å². The normalized spacial score (nSPS) is 11.8. The second-order valence-corrected chi connectivity index (χ2v) is 3.40. The molecule has 0 aliphatic carbocycles. The third-order valence-electron chi connectivity index (χ3n) is 2.20. The molecule has 0 aromatic carbocycles. The molecule has 1 rings (SSSR count). The van der Waals surface area contributed by atoms with Crippen molar-refractivity contribution in [1.29, 1.82) is 0 Å². The lowest BCUT2D eigenvalue weighted by Gasteiger charge is -2.16. The van der Waals surface area contributed by atoms with Crippen molar-refractivity contribution in [2.24, 2.45) is 0 Å². The van der Waals surface area contributed by atoms with Gasteiger partial charge in [-0.3, -0.25) is 9.78 Å².